The summed E-state index contributed by atoms with van der Waals surface area (Å²) in [6, 6.07) is 5.07. The minimum Gasteiger partial charge on any atom is -0.370 e. The molecule has 0 bridgehead atoms. The molecule has 1 amide bonds. The molecule has 2 heterocycles. The van der Waals surface area contributed by atoms with Crippen LogP contribution in [-0.2, 0) is 19.6 Å². The lowest BCUT2D eigenvalue weighted by molar-refractivity contribution is -0.387. The SMILES string of the molecule is O=C(NC[C@H]1CC[C@@H]2[C@@H](CN2S(=O)(=O)c2ccccc2[N+](=O)[O-])O1)C1CC1. The van der Waals surface area contributed by atoms with Crippen LogP contribution in [0.2, 0.25) is 0 Å². The molecule has 1 aromatic carbocycles. The van der Waals surface area contributed by atoms with E-state index in [9.17, 15) is 23.3 Å². The van der Waals surface area contributed by atoms with E-state index in [1.54, 1.807) is 0 Å². The number of nitrogens with one attached hydrogen (secondary N) is 1. The lowest BCUT2D eigenvalue weighted by Gasteiger charge is -2.50. The molecule has 1 N–H and O–H groups in total. The number of nitro groups is 1. The van der Waals surface area contributed by atoms with Crippen LogP contribution in [-0.4, -0.2) is 54.9 Å². The maximum absolute atomic E-state index is 12.9. The van der Waals surface area contributed by atoms with E-state index in [-0.39, 0.29) is 41.5 Å². The summed E-state index contributed by atoms with van der Waals surface area (Å²) >= 11 is 0. The standard InChI is InChI=1S/C17H21N3O6S/c21-17(11-5-6-11)18-9-12-7-8-13-15(26-12)10-19(13)27(24,25)16-4-2-1-3-14(16)20(22)23/h1-4,11-13,15H,5-10H2,(H,18,21)/t12-,13-,15-/m1/s1. The molecule has 2 aliphatic heterocycles. The van der Waals surface area contributed by atoms with E-state index in [1.165, 1.54) is 28.6 Å². The number of hydrogen-bond acceptors (Lipinski definition) is 6. The topological polar surface area (TPSA) is 119 Å². The van der Waals surface area contributed by atoms with Gasteiger partial charge in [0.05, 0.1) is 23.2 Å². The smallest absolute Gasteiger partial charge is 0.289 e. The Morgan fingerprint density at radius 1 is 1.26 bits per heavy atom. The summed E-state index contributed by atoms with van der Waals surface area (Å²) in [5.74, 6) is 0.210. The zero-order valence-electron chi connectivity index (χ0n) is 14.6. The molecule has 10 heteroatoms. The van der Waals surface area contributed by atoms with Crippen LogP contribution >= 0.6 is 0 Å². The van der Waals surface area contributed by atoms with E-state index >= 15 is 0 Å². The molecule has 3 aliphatic rings. The van der Waals surface area contributed by atoms with Crippen LogP contribution in [0, 0.1) is 16.0 Å². The van der Waals surface area contributed by atoms with E-state index < -0.39 is 20.6 Å². The largest absolute Gasteiger partial charge is 0.370 e. The summed E-state index contributed by atoms with van der Waals surface area (Å²) < 4.78 is 33.0. The van der Waals surface area contributed by atoms with Crippen LogP contribution in [0.25, 0.3) is 0 Å². The fraction of sp³-hybridized carbons (Fsp3) is 0.588. The van der Waals surface area contributed by atoms with Crippen molar-refractivity contribution in [3.05, 3.63) is 34.4 Å². The van der Waals surface area contributed by atoms with Crippen molar-refractivity contribution >= 4 is 21.6 Å². The highest BCUT2D eigenvalue weighted by Crippen LogP contribution is 2.38. The van der Waals surface area contributed by atoms with Crippen molar-refractivity contribution in [3.8, 4) is 0 Å². The molecule has 0 unspecified atom stereocenters. The van der Waals surface area contributed by atoms with E-state index in [4.69, 9.17) is 4.74 Å². The summed E-state index contributed by atoms with van der Waals surface area (Å²) in [6.07, 6.45) is 2.77. The highest BCUT2D eigenvalue weighted by Gasteiger charge is 2.51. The third-order valence-electron chi connectivity index (χ3n) is 5.41. The monoisotopic (exact) mass is 395 g/mol. The van der Waals surface area contributed by atoms with Gasteiger partial charge in [0, 0.05) is 25.1 Å². The molecule has 4 rings (SSSR count). The number of amides is 1. The van der Waals surface area contributed by atoms with E-state index in [2.05, 4.69) is 5.32 Å². The molecule has 0 radical (unpaired) electrons. The molecule has 3 fully saturated rings. The molecule has 1 aliphatic carbocycles. The molecule has 0 aromatic heterocycles. The van der Waals surface area contributed by atoms with Gasteiger partial charge in [0.2, 0.25) is 15.9 Å². The first-order valence-corrected chi connectivity index (χ1v) is 10.5. The van der Waals surface area contributed by atoms with Crippen molar-refractivity contribution in [2.45, 2.75) is 48.8 Å². The number of hydrogen-bond donors (Lipinski definition) is 1. The van der Waals surface area contributed by atoms with Gasteiger partial charge in [0.15, 0.2) is 4.90 Å². The quantitative estimate of drug-likeness (QED) is 0.568. The van der Waals surface area contributed by atoms with Gasteiger partial charge >= 0.3 is 0 Å². The van der Waals surface area contributed by atoms with Crippen molar-refractivity contribution < 1.29 is 22.9 Å². The van der Waals surface area contributed by atoms with Gasteiger partial charge < -0.3 is 10.1 Å². The fourth-order valence-corrected chi connectivity index (χ4v) is 5.55. The summed E-state index contributed by atoms with van der Waals surface area (Å²) in [7, 11) is -3.95. The van der Waals surface area contributed by atoms with Crippen molar-refractivity contribution in [2.75, 3.05) is 13.1 Å². The molecule has 1 saturated carbocycles. The van der Waals surface area contributed by atoms with Crippen LogP contribution in [0.1, 0.15) is 25.7 Å². The Labute approximate surface area is 156 Å². The highest BCUT2D eigenvalue weighted by atomic mass is 32.2. The average Bonchev–Trinajstić information content (AvgIpc) is 3.46. The number of rotatable bonds is 6. The Hall–Kier alpha value is -2.04. The van der Waals surface area contributed by atoms with Gasteiger partial charge in [-0.1, -0.05) is 12.1 Å². The molecular weight excluding hydrogens is 374 g/mol. The number of ether oxygens (including phenoxy) is 1. The lowest BCUT2D eigenvalue weighted by Crippen LogP contribution is -2.66. The van der Waals surface area contributed by atoms with Crippen LogP contribution < -0.4 is 5.32 Å². The second kappa shape index (κ2) is 6.84. The van der Waals surface area contributed by atoms with E-state index in [0.29, 0.717) is 19.4 Å². The molecular formula is C17H21N3O6S. The number of carbonyl (C=O) groups excluding carboxylic acids is 1. The molecule has 9 nitrogen and oxygen atoms in total. The normalized spacial score (nSPS) is 28.1. The van der Waals surface area contributed by atoms with Crippen LogP contribution in [0.4, 0.5) is 5.69 Å². The fourth-order valence-electron chi connectivity index (χ4n) is 3.70. The van der Waals surface area contributed by atoms with Crippen LogP contribution in [0.5, 0.6) is 0 Å². The minimum absolute atomic E-state index is 0.0647. The van der Waals surface area contributed by atoms with Crippen LogP contribution in [0.15, 0.2) is 29.2 Å². The Kier molecular flexibility index (Phi) is 4.65. The third-order valence-corrected chi connectivity index (χ3v) is 7.35. The van der Waals surface area contributed by atoms with Crippen molar-refractivity contribution in [2.24, 2.45) is 5.92 Å². The Balaban J connectivity index is 1.39. The minimum atomic E-state index is -3.95. The molecule has 2 saturated heterocycles. The number of nitrogens with zero attached hydrogens (tertiary/aromatic N) is 2. The summed E-state index contributed by atoms with van der Waals surface area (Å²) in [6.45, 7) is 0.613. The molecule has 146 valence electrons. The Morgan fingerprint density at radius 3 is 2.67 bits per heavy atom. The van der Waals surface area contributed by atoms with Gasteiger partial charge in [0.1, 0.15) is 0 Å². The average molecular weight is 395 g/mol. The summed E-state index contributed by atoms with van der Waals surface area (Å²) in [5, 5.41) is 14.1. The molecule has 3 atom stereocenters. The lowest BCUT2D eigenvalue weighted by atomic mass is 9.92. The van der Waals surface area contributed by atoms with Gasteiger partial charge in [-0.2, -0.15) is 4.31 Å². The maximum atomic E-state index is 12.9. The number of fused-ring (bicyclic) bond motifs is 1. The Bertz CT molecular complexity index is 869. The molecule has 0 spiro atoms. The van der Waals surface area contributed by atoms with Gasteiger partial charge in [-0.15, -0.1) is 0 Å². The second-order valence-electron chi connectivity index (χ2n) is 7.26. The van der Waals surface area contributed by atoms with Crippen molar-refractivity contribution in [1.29, 1.82) is 0 Å². The van der Waals surface area contributed by atoms with Crippen LogP contribution in [0.3, 0.4) is 0 Å². The number of carbonyl (C=O) groups is 1. The van der Waals surface area contributed by atoms with Crippen molar-refractivity contribution in [1.82, 2.24) is 9.62 Å². The first-order chi connectivity index (χ1) is 12.9. The van der Waals surface area contributed by atoms with Gasteiger partial charge in [-0.3, -0.25) is 14.9 Å². The number of benzene rings is 1. The predicted octanol–water partition coefficient (Wildman–Crippen LogP) is 1.04. The summed E-state index contributed by atoms with van der Waals surface area (Å²) in [4.78, 5) is 21.9. The van der Waals surface area contributed by atoms with Gasteiger partial charge in [-0.25, -0.2) is 8.42 Å². The summed E-state index contributed by atoms with van der Waals surface area (Å²) in [5.41, 5.74) is -0.418. The third kappa shape index (κ3) is 3.44. The molecule has 1 aromatic rings. The molecule has 27 heavy (non-hydrogen) atoms. The van der Waals surface area contributed by atoms with Gasteiger partial charge in [0.25, 0.3) is 5.69 Å². The predicted molar refractivity (Wildman–Crippen MR) is 94.4 cm³/mol. The zero-order chi connectivity index (χ0) is 19.2. The van der Waals surface area contributed by atoms with E-state index in [1.807, 2.05) is 0 Å². The van der Waals surface area contributed by atoms with Gasteiger partial charge in [-0.05, 0) is 31.7 Å². The first kappa shape index (κ1) is 18.3. The van der Waals surface area contributed by atoms with Crippen molar-refractivity contribution in [3.63, 3.8) is 0 Å². The number of para-hydroxylation sites is 1. The van der Waals surface area contributed by atoms with E-state index in [0.717, 1.165) is 12.8 Å². The number of nitro benzene ring substituents is 1. The highest BCUT2D eigenvalue weighted by molar-refractivity contribution is 7.89. The zero-order valence-corrected chi connectivity index (χ0v) is 15.4. The number of sulfonamides is 1. The Morgan fingerprint density at radius 2 is 2.00 bits per heavy atom. The second-order valence-corrected chi connectivity index (χ2v) is 9.12. The first-order valence-electron chi connectivity index (χ1n) is 9.06. The maximum Gasteiger partial charge on any atom is 0.289 e.